The monoisotopic (exact) mass is 425 g/mol. The number of nitrogens with one attached hydrogen (secondary N) is 2. The molecule has 7 nitrogen and oxygen atoms in total. The van der Waals surface area contributed by atoms with Crippen LogP contribution in [0.25, 0.3) is 0 Å². The molecule has 1 fully saturated rings. The molecular weight excluding hydrogens is 394 g/mol. The molecule has 31 heavy (non-hydrogen) atoms. The third-order valence-electron chi connectivity index (χ3n) is 5.53. The van der Waals surface area contributed by atoms with E-state index in [2.05, 4.69) is 10.6 Å². The van der Waals surface area contributed by atoms with Crippen molar-refractivity contribution in [3.05, 3.63) is 47.5 Å². The summed E-state index contributed by atoms with van der Waals surface area (Å²) in [5, 5.41) is 6.04. The van der Waals surface area contributed by atoms with Gasteiger partial charge in [-0.15, -0.1) is 0 Å². The van der Waals surface area contributed by atoms with E-state index in [9.17, 15) is 9.59 Å². The first-order valence-corrected chi connectivity index (χ1v) is 10.6. The van der Waals surface area contributed by atoms with Gasteiger partial charge in [-0.05, 0) is 43.2 Å². The summed E-state index contributed by atoms with van der Waals surface area (Å²) in [6, 6.07) is 10.6. The van der Waals surface area contributed by atoms with Crippen LogP contribution < -0.4 is 25.0 Å². The molecule has 0 aliphatic heterocycles. The molecular formula is C24H31N3O4. The molecule has 0 radical (unpaired) electrons. The van der Waals surface area contributed by atoms with Crippen LogP contribution in [0.2, 0.25) is 0 Å². The van der Waals surface area contributed by atoms with Crippen LogP contribution >= 0.6 is 0 Å². The van der Waals surface area contributed by atoms with Crippen LogP contribution in [-0.4, -0.2) is 46.2 Å². The quantitative estimate of drug-likeness (QED) is 0.699. The molecule has 0 unspecified atom stereocenters. The zero-order valence-electron chi connectivity index (χ0n) is 18.7. The van der Waals surface area contributed by atoms with Gasteiger partial charge in [-0.1, -0.05) is 19.3 Å². The number of rotatable bonds is 7. The second-order valence-corrected chi connectivity index (χ2v) is 7.99. The molecule has 0 spiro atoms. The summed E-state index contributed by atoms with van der Waals surface area (Å²) < 4.78 is 10.5. The average molecular weight is 426 g/mol. The third kappa shape index (κ3) is 5.69. The predicted octanol–water partition coefficient (Wildman–Crippen LogP) is 4.08. The van der Waals surface area contributed by atoms with E-state index in [0.29, 0.717) is 28.3 Å². The van der Waals surface area contributed by atoms with Crippen LogP contribution in [0, 0.1) is 0 Å². The predicted molar refractivity (Wildman–Crippen MR) is 123 cm³/mol. The first kappa shape index (κ1) is 22.5. The number of methoxy groups -OCH3 is 2. The van der Waals surface area contributed by atoms with E-state index in [1.54, 1.807) is 30.3 Å². The van der Waals surface area contributed by atoms with Gasteiger partial charge in [0.2, 0.25) is 0 Å². The first-order valence-electron chi connectivity index (χ1n) is 10.6. The van der Waals surface area contributed by atoms with Gasteiger partial charge in [0.1, 0.15) is 11.5 Å². The Morgan fingerprint density at radius 1 is 0.903 bits per heavy atom. The van der Waals surface area contributed by atoms with E-state index in [0.717, 1.165) is 31.4 Å². The largest absolute Gasteiger partial charge is 0.497 e. The van der Waals surface area contributed by atoms with Crippen LogP contribution in [0.5, 0.6) is 11.5 Å². The molecule has 1 saturated carbocycles. The summed E-state index contributed by atoms with van der Waals surface area (Å²) in [5.41, 5.74) is 2.29. The lowest BCUT2D eigenvalue weighted by molar-refractivity contribution is 0.0927. The second kappa shape index (κ2) is 10.2. The van der Waals surface area contributed by atoms with E-state index < -0.39 is 0 Å². The van der Waals surface area contributed by atoms with Crippen molar-refractivity contribution >= 4 is 23.2 Å². The molecule has 2 N–H and O–H groups in total. The highest BCUT2D eigenvalue weighted by Gasteiger charge is 2.20. The van der Waals surface area contributed by atoms with Crippen LogP contribution in [-0.2, 0) is 0 Å². The number of hydrogen-bond acceptors (Lipinski definition) is 5. The Hall–Kier alpha value is -3.22. The lowest BCUT2D eigenvalue weighted by Gasteiger charge is -2.24. The smallest absolute Gasteiger partial charge is 0.255 e. The van der Waals surface area contributed by atoms with Gasteiger partial charge in [0.25, 0.3) is 11.8 Å². The SMILES string of the molecule is COc1cc(OC)cc(C(=O)Nc2ccc(N(C)C)c(C(=O)NC3CCCCC3)c2)c1. The lowest BCUT2D eigenvalue weighted by Crippen LogP contribution is -2.36. The second-order valence-electron chi connectivity index (χ2n) is 7.99. The fourth-order valence-electron chi connectivity index (χ4n) is 3.84. The Labute approximate surface area is 183 Å². The van der Waals surface area contributed by atoms with Crippen LogP contribution in [0.15, 0.2) is 36.4 Å². The number of amides is 2. The van der Waals surface area contributed by atoms with E-state index >= 15 is 0 Å². The average Bonchev–Trinajstić information content (AvgIpc) is 2.79. The fourth-order valence-corrected chi connectivity index (χ4v) is 3.84. The summed E-state index contributed by atoms with van der Waals surface area (Å²) in [7, 11) is 6.86. The summed E-state index contributed by atoms with van der Waals surface area (Å²) in [6.07, 6.45) is 5.54. The molecule has 2 aromatic carbocycles. The van der Waals surface area contributed by atoms with E-state index in [4.69, 9.17) is 9.47 Å². The highest BCUT2D eigenvalue weighted by Crippen LogP contribution is 2.26. The Morgan fingerprint density at radius 2 is 1.55 bits per heavy atom. The van der Waals surface area contributed by atoms with Gasteiger partial charge in [-0.25, -0.2) is 0 Å². The van der Waals surface area contributed by atoms with Crippen molar-refractivity contribution in [2.24, 2.45) is 0 Å². The van der Waals surface area contributed by atoms with Crippen molar-refractivity contribution in [3.63, 3.8) is 0 Å². The van der Waals surface area contributed by atoms with Crippen LogP contribution in [0.1, 0.15) is 52.8 Å². The summed E-state index contributed by atoms with van der Waals surface area (Å²) >= 11 is 0. The van der Waals surface area contributed by atoms with Crippen molar-refractivity contribution in [2.75, 3.05) is 38.5 Å². The fraction of sp³-hybridized carbons (Fsp3) is 0.417. The van der Waals surface area contributed by atoms with Gasteiger partial charge < -0.3 is 25.0 Å². The minimum absolute atomic E-state index is 0.116. The van der Waals surface area contributed by atoms with Crippen molar-refractivity contribution in [3.8, 4) is 11.5 Å². The molecule has 0 aromatic heterocycles. The van der Waals surface area contributed by atoms with E-state index in [-0.39, 0.29) is 17.9 Å². The van der Waals surface area contributed by atoms with E-state index in [1.165, 1.54) is 20.6 Å². The Bertz CT molecular complexity index is 914. The van der Waals surface area contributed by atoms with Gasteiger partial charge in [0.05, 0.1) is 19.8 Å². The summed E-state index contributed by atoms with van der Waals surface area (Å²) in [5.74, 6) is 0.628. The molecule has 2 aromatic rings. The number of anilines is 2. The normalized spacial score (nSPS) is 13.9. The number of hydrogen-bond donors (Lipinski definition) is 2. The Morgan fingerprint density at radius 3 is 2.13 bits per heavy atom. The van der Waals surface area contributed by atoms with Gasteiger partial charge in [0.15, 0.2) is 0 Å². The number of ether oxygens (including phenoxy) is 2. The van der Waals surface area contributed by atoms with Gasteiger partial charge >= 0.3 is 0 Å². The van der Waals surface area contributed by atoms with Gasteiger partial charge in [-0.2, -0.15) is 0 Å². The standard InChI is InChI=1S/C24H31N3O4/c1-27(2)22-11-10-18(14-21(22)24(29)25-17-8-6-5-7-9-17)26-23(28)16-12-19(30-3)15-20(13-16)31-4/h10-15,17H,5-9H2,1-4H3,(H,25,29)(H,26,28). The highest BCUT2D eigenvalue weighted by atomic mass is 16.5. The minimum atomic E-state index is -0.312. The number of carbonyl (C=O) groups excluding carboxylic acids is 2. The van der Waals surface area contributed by atoms with Crippen molar-refractivity contribution in [1.82, 2.24) is 5.32 Å². The molecule has 0 atom stereocenters. The molecule has 166 valence electrons. The van der Waals surface area contributed by atoms with Crippen molar-refractivity contribution < 1.29 is 19.1 Å². The molecule has 3 rings (SSSR count). The van der Waals surface area contributed by atoms with Crippen LogP contribution in [0.3, 0.4) is 0 Å². The van der Waals surface area contributed by atoms with Crippen molar-refractivity contribution in [1.29, 1.82) is 0 Å². The highest BCUT2D eigenvalue weighted by molar-refractivity contribution is 6.06. The first-order chi connectivity index (χ1) is 14.9. The maximum absolute atomic E-state index is 13.0. The molecule has 0 saturated heterocycles. The van der Waals surface area contributed by atoms with Gasteiger partial charge in [-0.3, -0.25) is 9.59 Å². The minimum Gasteiger partial charge on any atom is -0.497 e. The Balaban J connectivity index is 1.82. The summed E-state index contributed by atoms with van der Waals surface area (Å²) in [4.78, 5) is 27.8. The molecule has 0 bridgehead atoms. The van der Waals surface area contributed by atoms with Crippen LogP contribution in [0.4, 0.5) is 11.4 Å². The van der Waals surface area contributed by atoms with E-state index in [1.807, 2.05) is 25.1 Å². The summed E-state index contributed by atoms with van der Waals surface area (Å²) in [6.45, 7) is 0. The number of benzene rings is 2. The number of nitrogens with zero attached hydrogens (tertiary/aromatic N) is 1. The number of carbonyl (C=O) groups is 2. The topological polar surface area (TPSA) is 79.9 Å². The molecule has 7 heteroatoms. The van der Waals surface area contributed by atoms with Gasteiger partial charge in [0, 0.05) is 43.1 Å². The maximum atomic E-state index is 13.0. The van der Waals surface area contributed by atoms with Crippen molar-refractivity contribution in [2.45, 2.75) is 38.1 Å². The zero-order chi connectivity index (χ0) is 22.4. The molecule has 1 aliphatic rings. The maximum Gasteiger partial charge on any atom is 0.255 e. The molecule has 0 heterocycles. The molecule has 1 aliphatic carbocycles. The third-order valence-corrected chi connectivity index (χ3v) is 5.53. The zero-order valence-corrected chi connectivity index (χ0v) is 18.7. The Kier molecular flexibility index (Phi) is 7.39. The lowest BCUT2D eigenvalue weighted by atomic mass is 9.95. The molecule has 2 amide bonds.